The zero-order valence-corrected chi connectivity index (χ0v) is 11.9. The Kier molecular flexibility index (Phi) is 4.95. The average molecular weight is 299 g/mol. The topological polar surface area (TPSA) is 58.8 Å². The van der Waals surface area contributed by atoms with Crippen molar-refractivity contribution in [1.82, 2.24) is 4.90 Å². The molecule has 1 aromatic carbocycles. The molecule has 1 aliphatic rings. The Hall–Kier alpha value is -1.89. The molecule has 1 aromatic rings. The highest BCUT2D eigenvalue weighted by atomic mass is 19.3. The minimum Gasteiger partial charge on any atom is -0.435 e. The van der Waals surface area contributed by atoms with E-state index in [1.807, 2.05) is 11.8 Å². The van der Waals surface area contributed by atoms with Gasteiger partial charge in [-0.15, -0.1) is 0 Å². The van der Waals surface area contributed by atoms with Gasteiger partial charge < -0.3 is 15.4 Å². The second-order valence-electron chi connectivity index (χ2n) is 5.06. The molecule has 0 aromatic heterocycles. The van der Waals surface area contributed by atoms with Gasteiger partial charge in [0.05, 0.1) is 6.54 Å². The van der Waals surface area contributed by atoms with Crippen LogP contribution in [0.25, 0.3) is 0 Å². The van der Waals surface area contributed by atoms with Crippen molar-refractivity contribution in [2.75, 3.05) is 37.6 Å². The number of amides is 1. The molecule has 116 valence electrons. The van der Waals surface area contributed by atoms with Crippen molar-refractivity contribution in [3.05, 3.63) is 23.8 Å². The smallest absolute Gasteiger partial charge is 0.387 e. The molecule has 1 saturated heterocycles. The van der Waals surface area contributed by atoms with Crippen LogP contribution < -0.4 is 15.4 Å². The van der Waals surface area contributed by atoms with Crippen LogP contribution in [0.3, 0.4) is 0 Å². The summed E-state index contributed by atoms with van der Waals surface area (Å²) in [6.07, 6.45) is 0. The summed E-state index contributed by atoms with van der Waals surface area (Å²) in [7, 11) is 0. The molecule has 7 heteroatoms. The summed E-state index contributed by atoms with van der Waals surface area (Å²) >= 11 is 0. The molecule has 1 amide bonds. The number of primary amides is 1. The van der Waals surface area contributed by atoms with Crippen LogP contribution in [0, 0.1) is 6.92 Å². The molecule has 1 fully saturated rings. The van der Waals surface area contributed by atoms with Gasteiger partial charge in [-0.1, -0.05) is 0 Å². The van der Waals surface area contributed by atoms with Crippen molar-refractivity contribution in [1.29, 1.82) is 0 Å². The summed E-state index contributed by atoms with van der Waals surface area (Å²) < 4.78 is 28.7. The van der Waals surface area contributed by atoms with E-state index in [1.54, 1.807) is 18.2 Å². The first-order valence-electron chi connectivity index (χ1n) is 6.77. The maximum atomic E-state index is 12.2. The third-order valence-corrected chi connectivity index (χ3v) is 3.49. The molecule has 1 aliphatic heterocycles. The summed E-state index contributed by atoms with van der Waals surface area (Å²) in [5.41, 5.74) is 7.06. The molecule has 0 bridgehead atoms. The number of nitrogens with zero attached hydrogens (tertiary/aromatic N) is 2. The van der Waals surface area contributed by atoms with Gasteiger partial charge in [-0.2, -0.15) is 8.78 Å². The van der Waals surface area contributed by atoms with Crippen LogP contribution in [0.5, 0.6) is 5.75 Å². The molecule has 0 radical (unpaired) electrons. The van der Waals surface area contributed by atoms with E-state index in [-0.39, 0.29) is 18.2 Å². The van der Waals surface area contributed by atoms with E-state index in [9.17, 15) is 13.6 Å². The first kappa shape index (κ1) is 15.5. The fourth-order valence-electron chi connectivity index (χ4n) is 2.53. The van der Waals surface area contributed by atoms with Crippen molar-refractivity contribution in [3.63, 3.8) is 0 Å². The van der Waals surface area contributed by atoms with Gasteiger partial charge in [0.2, 0.25) is 5.91 Å². The summed E-state index contributed by atoms with van der Waals surface area (Å²) in [4.78, 5) is 15.1. The number of halogens is 2. The SMILES string of the molecule is Cc1cc(OC(F)F)ccc1N1CCN(CC(N)=O)CC1. The Bertz CT molecular complexity index is 503. The lowest BCUT2D eigenvalue weighted by Crippen LogP contribution is -2.49. The number of ether oxygens (including phenoxy) is 1. The molecular weight excluding hydrogens is 280 g/mol. The van der Waals surface area contributed by atoms with Crippen LogP contribution in [-0.4, -0.2) is 50.1 Å². The van der Waals surface area contributed by atoms with E-state index in [1.165, 1.54) is 0 Å². The largest absolute Gasteiger partial charge is 0.435 e. The number of piperazine rings is 1. The number of nitrogens with two attached hydrogens (primary N) is 1. The third kappa shape index (κ3) is 4.29. The Labute approximate surface area is 122 Å². The minimum absolute atomic E-state index is 0.165. The lowest BCUT2D eigenvalue weighted by Gasteiger charge is -2.36. The zero-order chi connectivity index (χ0) is 15.4. The molecule has 0 spiro atoms. The Morgan fingerprint density at radius 2 is 2.00 bits per heavy atom. The van der Waals surface area contributed by atoms with Crippen molar-refractivity contribution >= 4 is 11.6 Å². The monoisotopic (exact) mass is 299 g/mol. The number of rotatable bonds is 5. The number of alkyl halides is 2. The molecule has 0 unspecified atom stereocenters. The summed E-state index contributed by atoms with van der Waals surface area (Å²) in [5.74, 6) is -0.160. The van der Waals surface area contributed by atoms with Gasteiger partial charge >= 0.3 is 6.61 Å². The third-order valence-electron chi connectivity index (χ3n) is 3.49. The van der Waals surface area contributed by atoms with Crippen LogP contribution in [0.15, 0.2) is 18.2 Å². The molecule has 5 nitrogen and oxygen atoms in total. The van der Waals surface area contributed by atoms with E-state index < -0.39 is 6.61 Å². The summed E-state index contributed by atoms with van der Waals surface area (Å²) in [6, 6.07) is 4.94. The summed E-state index contributed by atoms with van der Waals surface area (Å²) in [6.45, 7) is 2.35. The highest BCUT2D eigenvalue weighted by Gasteiger charge is 2.19. The summed E-state index contributed by atoms with van der Waals surface area (Å²) in [5, 5.41) is 0. The fraction of sp³-hybridized carbons (Fsp3) is 0.500. The van der Waals surface area contributed by atoms with Crippen LogP contribution in [0.2, 0.25) is 0 Å². The van der Waals surface area contributed by atoms with E-state index in [0.717, 1.165) is 37.4 Å². The van der Waals surface area contributed by atoms with Crippen LogP contribution in [0.4, 0.5) is 14.5 Å². The fourth-order valence-corrected chi connectivity index (χ4v) is 2.53. The average Bonchev–Trinajstić information content (AvgIpc) is 2.39. The molecule has 0 saturated carbocycles. The second kappa shape index (κ2) is 6.71. The number of anilines is 1. The number of benzene rings is 1. The number of hydrogen-bond donors (Lipinski definition) is 1. The predicted molar refractivity (Wildman–Crippen MR) is 75.7 cm³/mol. The zero-order valence-electron chi connectivity index (χ0n) is 11.9. The van der Waals surface area contributed by atoms with Crippen LogP contribution >= 0.6 is 0 Å². The number of carbonyl (C=O) groups excluding carboxylic acids is 1. The van der Waals surface area contributed by atoms with Crippen molar-refractivity contribution in [2.24, 2.45) is 5.73 Å². The minimum atomic E-state index is -2.81. The Morgan fingerprint density at radius 3 is 2.52 bits per heavy atom. The van der Waals surface area contributed by atoms with Gasteiger partial charge in [-0.3, -0.25) is 9.69 Å². The molecule has 1 heterocycles. The molecule has 21 heavy (non-hydrogen) atoms. The van der Waals surface area contributed by atoms with E-state index in [0.29, 0.717) is 0 Å². The second-order valence-corrected chi connectivity index (χ2v) is 5.06. The van der Waals surface area contributed by atoms with Crippen LogP contribution in [-0.2, 0) is 4.79 Å². The molecular formula is C14H19F2N3O2. The maximum absolute atomic E-state index is 12.2. The normalized spacial score (nSPS) is 16.3. The predicted octanol–water partition coefficient (Wildman–Crippen LogP) is 1.20. The van der Waals surface area contributed by atoms with Gasteiger partial charge in [-0.25, -0.2) is 0 Å². The van der Waals surface area contributed by atoms with Gasteiger partial charge in [0.15, 0.2) is 0 Å². The lowest BCUT2D eigenvalue weighted by molar-refractivity contribution is -0.119. The number of hydrogen-bond acceptors (Lipinski definition) is 4. The standard InChI is InChI=1S/C14H19F2N3O2/c1-10-8-11(21-14(15)16)2-3-12(10)19-6-4-18(5-7-19)9-13(17)20/h2-3,8,14H,4-7,9H2,1H3,(H2,17,20). The number of aryl methyl sites for hydroxylation is 1. The Morgan fingerprint density at radius 1 is 1.33 bits per heavy atom. The van der Waals surface area contributed by atoms with E-state index in [4.69, 9.17) is 5.73 Å². The molecule has 2 rings (SSSR count). The highest BCUT2D eigenvalue weighted by molar-refractivity contribution is 5.76. The van der Waals surface area contributed by atoms with Gasteiger partial charge in [0.1, 0.15) is 5.75 Å². The van der Waals surface area contributed by atoms with Crippen molar-refractivity contribution in [3.8, 4) is 5.75 Å². The molecule has 0 aliphatic carbocycles. The highest BCUT2D eigenvalue weighted by Crippen LogP contribution is 2.26. The van der Waals surface area contributed by atoms with Gasteiger partial charge in [-0.05, 0) is 30.7 Å². The van der Waals surface area contributed by atoms with E-state index >= 15 is 0 Å². The van der Waals surface area contributed by atoms with E-state index in [2.05, 4.69) is 9.64 Å². The first-order chi connectivity index (χ1) is 9.95. The Balaban J connectivity index is 1.98. The maximum Gasteiger partial charge on any atom is 0.387 e. The van der Waals surface area contributed by atoms with Crippen molar-refractivity contribution in [2.45, 2.75) is 13.5 Å². The quantitative estimate of drug-likeness (QED) is 0.887. The lowest BCUT2D eigenvalue weighted by atomic mass is 10.1. The van der Waals surface area contributed by atoms with Crippen LogP contribution in [0.1, 0.15) is 5.56 Å². The van der Waals surface area contributed by atoms with Gasteiger partial charge in [0.25, 0.3) is 0 Å². The molecule has 0 atom stereocenters. The first-order valence-corrected chi connectivity index (χ1v) is 6.77. The molecule has 2 N–H and O–H groups in total. The van der Waals surface area contributed by atoms with Crippen molar-refractivity contribution < 1.29 is 18.3 Å². The number of carbonyl (C=O) groups is 1. The van der Waals surface area contributed by atoms with Gasteiger partial charge in [0, 0.05) is 31.9 Å².